The molecule has 20 heavy (non-hydrogen) atoms. The van der Waals surface area contributed by atoms with E-state index in [1.54, 1.807) is 7.05 Å². The largest absolute Gasteiger partial charge is 0.377 e. The number of piperidine rings is 1. The molecule has 1 fully saturated rings. The summed E-state index contributed by atoms with van der Waals surface area (Å²) in [5.74, 6) is 0.595. The lowest BCUT2D eigenvalue weighted by Gasteiger charge is -2.32. The molecule has 1 atom stereocenters. The lowest BCUT2D eigenvalue weighted by atomic mass is 10.1. The molecule has 0 amide bonds. The second-order valence-corrected chi connectivity index (χ2v) is 4.57. The summed E-state index contributed by atoms with van der Waals surface area (Å²) in [7, 11) is 1.61. The summed E-state index contributed by atoms with van der Waals surface area (Å²) in [6.45, 7) is 3.96. The molecule has 1 unspecified atom stereocenters. The Hall–Kier alpha value is -1.96. The summed E-state index contributed by atoms with van der Waals surface area (Å²) >= 11 is 0. The van der Waals surface area contributed by atoms with Crippen LogP contribution in [0.3, 0.4) is 0 Å². The zero-order valence-electron chi connectivity index (χ0n) is 11.7. The molecule has 1 aromatic heterocycles. The Labute approximate surface area is 117 Å². The molecule has 2 rings (SSSR count). The van der Waals surface area contributed by atoms with Crippen LogP contribution < -0.4 is 10.2 Å². The predicted molar refractivity (Wildman–Crippen MR) is 75.1 cm³/mol. The number of aromatic nitrogens is 2. The standard InChI is InChI=1S/C12H19N5O3/c1-3-20-9-5-4-6-16(7-9)12-10(17(18)19)11(13-2)14-8-15-12/h8-9H,3-7H2,1-2H3,(H,13,14,15). The summed E-state index contributed by atoms with van der Waals surface area (Å²) in [6.07, 6.45) is 3.35. The number of hydrogen-bond acceptors (Lipinski definition) is 7. The van der Waals surface area contributed by atoms with Gasteiger partial charge in [-0.15, -0.1) is 0 Å². The highest BCUT2D eigenvalue weighted by Crippen LogP contribution is 2.33. The van der Waals surface area contributed by atoms with E-state index in [1.165, 1.54) is 6.33 Å². The van der Waals surface area contributed by atoms with Gasteiger partial charge in [-0.05, 0) is 19.8 Å². The Balaban J connectivity index is 2.29. The van der Waals surface area contributed by atoms with Gasteiger partial charge in [-0.3, -0.25) is 10.1 Å². The lowest BCUT2D eigenvalue weighted by molar-refractivity contribution is -0.383. The van der Waals surface area contributed by atoms with E-state index in [0.717, 1.165) is 19.4 Å². The van der Waals surface area contributed by atoms with Gasteiger partial charge in [-0.2, -0.15) is 0 Å². The van der Waals surface area contributed by atoms with Crippen molar-refractivity contribution in [3.63, 3.8) is 0 Å². The highest BCUT2D eigenvalue weighted by molar-refractivity contribution is 5.70. The number of hydrogen-bond donors (Lipinski definition) is 1. The summed E-state index contributed by atoms with van der Waals surface area (Å²) in [6, 6.07) is 0. The van der Waals surface area contributed by atoms with Crippen LogP contribution in [-0.2, 0) is 4.74 Å². The van der Waals surface area contributed by atoms with Crippen LogP contribution in [0.25, 0.3) is 0 Å². The van der Waals surface area contributed by atoms with Gasteiger partial charge in [0.25, 0.3) is 0 Å². The maximum Gasteiger partial charge on any atom is 0.353 e. The average Bonchev–Trinajstić information content (AvgIpc) is 2.47. The second kappa shape index (κ2) is 6.47. The van der Waals surface area contributed by atoms with Crippen LogP contribution in [0.5, 0.6) is 0 Å². The smallest absolute Gasteiger partial charge is 0.353 e. The van der Waals surface area contributed by atoms with Crippen molar-refractivity contribution in [3.8, 4) is 0 Å². The van der Waals surface area contributed by atoms with Crippen LogP contribution >= 0.6 is 0 Å². The van der Waals surface area contributed by atoms with Crippen molar-refractivity contribution < 1.29 is 9.66 Å². The first kappa shape index (κ1) is 14.4. The van der Waals surface area contributed by atoms with E-state index in [1.807, 2.05) is 11.8 Å². The SMILES string of the molecule is CCOC1CCCN(c2ncnc(NC)c2[N+](=O)[O-])C1. The Morgan fingerprint density at radius 3 is 3.05 bits per heavy atom. The summed E-state index contributed by atoms with van der Waals surface area (Å²) < 4.78 is 5.62. The molecular formula is C12H19N5O3. The van der Waals surface area contributed by atoms with E-state index < -0.39 is 4.92 Å². The van der Waals surface area contributed by atoms with E-state index in [-0.39, 0.29) is 17.6 Å². The minimum Gasteiger partial charge on any atom is -0.377 e. The molecule has 1 aliphatic heterocycles. The van der Waals surface area contributed by atoms with Crippen LogP contribution in [0.15, 0.2) is 6.33 Å². The van der Waals surface area contributed by atoms with Gasteiger partial charge in [-0.25, -0.2) is 9.97 Å². The fourth-order valence-electron chi connectivity index (χ4n) is 2.45. The third-order valence-electron chi connectivity index (χ3n) is 3.30. The van der Waals surface area contributed by atoms with Crippen molar-refractivity contribution in [2.24, 2.45) is 0 Å². The fourth-order valence-corrected chi connectivity index (χ4v) is 2.45. The molecule has 1 aromatic rings. The molecule has 2 heterocycles. The number of nitrogens with zero attached hydrogens (tertiary/aromatic N) is 4. The Bertz CT molecular complexity index is 480. The topological polar surface area (TPSA) is 93.4 Å². The van der Waals surface area contributed by atoms with E-state index in [2.05, 4.69) is 15.3 Å². The van der Waals surface area contributed by atoms with E-state index >= 15 is 0 Å². The van der Waals surface area contributed by atoms with Crippen molar-refractivity contribution in [2.45, 2.75) is 25.9 Å². The van der Waals surface area contributed by atoms with Crippen LogP contribution in [-0.4, -0.2) is 47.7 Å². The number of ether oxygens (including phenoxy) is 1. The Morgan fingerprint density at radius 1 is 1.60 bits per heavy atom. The van der Waals surface area contributed by atoms with E-state index in [0.29, 0.717) is 19.0 Å². The maximum atomic E-state index is 11.3. The quantitative estimate of drug-likeness (QED) is 0.644. The molecule has 0 radical (unpaired) electrons. The first-order valence-electron chi connectivity index (χ1n) is 6.71. The van der Waals surface area contributed by atoms with Crippen LogP contribution in [0.2, 0.25) is 0 Å². The number of nitro groups is 1. The normalized spacial score (nSPS) is 18.9. The van der Waals surface area contributed by atoms with Crippen molar-refractivity contribution in [3.05, 3.63) is 16.4 Å². The molecule has 0 bridgehead atoms. The van der Waals surface area contributed by atoms with Gasteiger partial charge in [0.15, 0.2) is 0 Å². The molecule has 0 spiro atoms. The third kappa shape index (κ3) is 2.96. The lowest BCUT2D eigenvalue weighted by Crippen LogP contribution is -2.40. The number of anilines is 2. The number of rotatable bonds is 5. The van der Waals surface area contributed by atoms with Gasteiger partial charge in [0.2, 0.25) is 11.6 Å². The molecule has 0 aliphatic carbocycles. The first-order valence-corrected chi connectivity index (χ1v) is 6.71. The number of nitrogens with one attached hydrogen (secondary N) is 1. The summed E-state index contributed by atoms with van der Waals surface area (Å²) in [5, 5.41) is 14.0. The molecular weight excluding hydrogens is 262 g/mol. The second-order valence-electron chi connectivity index (χ2n) is 4.57. The van der Waals surface area contributed by atoms with Gasteiger partial charge in [0.05, 0.1) is 11.0 Å². The van der Waals surface area contributed by atoms with Crippen molar-refractivity contribution >= 4 is 17.3 Å². The molecule has 0 aromatic carbocycles. The Kier molecular flexibility index (Phi) is 4.67. The van der Waals surface area contributed by atoms with Gasteiger partial charge in [0.1, 0.15) is 6.33 Å². The minimum atomic E-state index is -0.439. The van der Waals surface area contributed by atoms with Crippen LogP contribution in [0, 0.1) is 10.1 Å². The molecule has 110 valence electrons. The molecule has 1 saturated heterocycles. The Morgan fingerprint density at radius 2 is 2.40 bits per heavy atom. The monoisotopic (exact) mass is 281 g/mol. The molecule has 1 N–H and O–H groups in total. The highest BCUT2D eigenvalue weighted by atomic mass is 16.6. The maximum absolute atomic E-state index is 11.3. The van der Waals surface area contributed by atoms with Crippen molar-refractivity contribution in [1.29, 1.82) is 0 Å². The third-order valence-corrected chi connectivity index (χ3v) is 3.30. The molecule has 1 aliphatic rings. The van der Waals surface area contributed by atoms with Gasteiger partial charge >= 0.3 is 5.69 Å². The van der Waals surface area contributed by atoms with Crippen LogP contribution in [0.1, 0.15) is 19.8 Å². The van der Waals surface area contributed by atoms with Gasteiger partial charge in [-0.1, -0.05) is 0 Å². The van der Waals surface area contributed by atoms with Gasteiger partial charge < -0.3 is 15.0 Å². The van der Waals surface area contributed by atoms with Crippen LogP contribution in [0.4, 0.5) is 17.3 Å². The fraction of sp³-hybridized carbons (Fsp3) is 0.667. The minimum absolute atomic E-state index is 0.0767. The molecule has 8 heteroatoms. The van der Waals surface area contributed by atoms with E-state index in [9.17, 15) is 10.1 Å². The molecule has 8 nitrogen and oxygen atoms in total. The zero-order chi connectivity index (χ0) is 14.5. The zero-order valence-corrected chi connectivity index (χ0v) is 11.7. The average molecular weight is 281 g/mol. The summed E-state index contributed by atoms with van der Waals surface area (Å²) in [4.78, 5) is 20.8. The first-order chi connectivity index (χ1) is 9.67. The van der Waals surface area contributed by atoms with E-state index in [4.69, 9.17) is 4.74 Å². The summed E-state index contributed by atoms with van der Waals surface area (Å²) in [5.41, 5.74) is -0.0767. The molecule has 0 saturated carbocycles. The highest BCUT2D eigenvalue weighted by Gasteiger charge is 2.30. The van der Waals surface area contributed by atoms with Crippen molar-refractivity contribution in [1.82, 2.24) is 9.97 Å². The van der Waals surface area contributed by atoms with Gasteiger partial charge in [0, 0.05) is 26.7 Å². The predicted octanol–water partition coefficient (Wildman–Crippen LogP) is 1.43. The van der Waals surface area contributed by atoms with Crippen molar-refractivity contribution in [2.75, 3.05) is 37.0 Å².